The van der Waals surface area contributed by atoms with E-state index in [2.05, 4.69) is 21.2 Å². The van der Waals surface area contributed by atoms with E-state index in [1.165, 1.54) is 6.26 Å². The lowest BCUT2D eigenvalue weighted by Gasteiger charge is -2.17. The zero-order chi connectivity index (χ0) is 27.0. The number of anilines is 4. The van der Waals surface area contributed by atoms with Crippen molar-refractivity contribution in [3.63, 3.8) is 0 Å². The van der Waals surface area contributed by atoms with Crippen LogP contribution < -0.4 is 16.1 Å². The zero-order valence-electron chi connectivity index (χ0n) is 21.2. The minimum atomic E-state index is -3.28. The quantitative estimate of drug-likeness (QED) is 0.165. The van der Waals surface area contributed by atoms with Gasteiger partial charge in [0.05, 0.1) is 17.2 Å². The third-order valence-corrected chi connectivity index (χ3v) is 6.82. The number of aromatic nitrogens is 2. The van der Waals surface area contributed by atoms with Crippen LogP contribution in [-0.2, 0) is 16.3 Å². The maximum Gasteiger partial charge on any atom is 0.231 e. The van der Waals surface area contributed by atoms with E-state index < -0.39 is 9.84 Å². The predicted octanol–water partition coefficient (Wildman–Crippen LogP) is 4.45. The Labute approximate surface area is 222 Å². The summed E-state index contributed by atoms with van der Waals surface area (Å²) in [5.74, 6) is 1.43. The van der Waals surface area contributed by atoms with Crippen LogP contribution in [-0.4, -0.2) is 48.6 Å². The summed E-state index contributed by atoms with van der Waals surface area (Å²) in [7, 11) is -3.28. The molecule has 1 aromatic heterocycles. The van der Waals surface area contributed by atoms with Crippen molar-refractivity contribution in [3.8, 4) is 0 Å². The van der Waals surface area contributed by atoms with E-state index in [0.29, 0.717) is 36.3 Å². The van der Waals surface area contributed by atoms with Gasteiger partial charge >= 0.3 is 0 Å². The molecule has 0 aliphatic heterocycles. The smallest absolute Gasteiger partial charge is 0.231 e. The molecule has 38 heavy (non-hydrogen) atoms. The van der Waals surface area contributed by atoms with Crippen LogP contribution in [0.3, 0.4) is 0 Å². The van der Waals surface area contributed by atoms with Gasteiger partial charge in [-0.3, -0.25) is 5.43 Å². The molecule has 0 bridgehead atoms. The highest BCUT2D eigenvalue weighted by atomic mass is 32.2. The fourth-order valence-electron chi connectivity index (χ4n) is 3.72. The maximum atomic E-state index is 11.8. The topological polar surface area (TPSA) is 129 Å². The van der Waals surface area contributed by atoms with Gasteiger partial charge in [-0.25, -0.2) is 8.42 Å². The number of para-hydroxylation sites is 1. The standard InChI is InChI=1S/C28H30N6O3S/c1-20(22-13-15-24(16-14-22)38(2,36)37)33-34-27-25(19-21-9-5-3-6-10-21)26(29-17-18-35)31-28(32-27)30-23-11-7-4-8-12-23/h3-16,35H,17-19H2,1-2H3,(H3,29,30,31,32,34). The summed E-state index contributed by atoms with van der Waals surface area (Å²) < 4.78 is 23.6. The minimum absolute atomic E-state index is 0.0558. The fraction of sp³-hybridized carbons (Fsp3) is 0.179. The van der Waals surface area contributed by atoms with Crippen LogP contribution in [0.2, 0.25) is 0 Å². The molecule has 1 heterocycles. The Kier molecular flexibility index (Phi) is 8.67. The number of aliphatic hydroxyl groups excluding tert-OH is 1. The van der Waals surface area contributed by atoms with E-state index in [4.69, 9.17) is 9.97 Å². The van der Waals surface area contributed by atoms with Gasteiger partial charge in [-0.15, -0.1) is 0 Å². The van der Waals surface area contributed by atoms with E-state index in [1.54, 1.807) is 24.3 Å². The Morgan fingerprint density at radius 3 is 2.16 bits per heavy atom. The molecule has 4 rings (SSSR count). The highest BCUT2D eigenvalue weighted by Crippen LogP contribution is 2.28. The van der Waals surface area contributed by atoms with Gasteiger partial charge in [0.1, 0.15) is 5.82 Å². The van der Waals surface area contributed by atoms with Crippen molar-refractivity contribution in [3.05, 3.63) is 102 Å². The molecule has 0 amide bonds. The molecule has 0 saturated carbocycles. The molecule has 10 heteroatoms. The first kappa shape index (κ1) is 26.8. The Bertz CT molecular complexity index is 1490. The lowest BCUT2D eigenvalue weighted by atomic mass is 10.1. The summed E-state index contributed by atoms with van der Waals surface area (Å²) >= 11 is 0. The molecular formula is C28H30N6O3S. The molecule has 3 aromatic carbocycles. The second kappa shape index (κ2) is 12.3. The largest absolute Gasteiger partial charge is 0.395 e. The number of nitrogens with one attached hydrogen (secondary N) is 3. The van der Waals surface area contributed by atoms with Gasteiger partial charge in [-0.05, 0) is 42.3 Å². The molecule has 4 aromatic rings. The molecule has 4 N–H and O–H groups in total. The fourth-order valence-corrected chi connectivity index (χ4v) is 4.35. The number of sulfone groups is 1. The van der Waals surface area contributed by atoms with Crippen molar-refractivity contribution in [1.29, 1.82) is 0 Å². The molecule has 0 radical (unpaired) electrons. The average molecular weight is 531 g/mol. The number of hydrogen-bond donors (Lipinski definition) is 4. The Balaban J connectivity index is 1.72. The first-order valence-corrected chi connectivity index (χ1v) is 13.9. The van der Waals surface area contributed by atoms with Gasteiger partial charge in [-0.2, -0.15) is 15.1 Å². The van der Waals surface area contributed by atoms with Crippen molar-refractivity contribution >= 4 is 38.8 Å². The second-order valence-corrected chi connectivity index (χ2v) is 10.6. The van der Waals surface area contributed by atoms with Gasteiger partial charge < -0.3 is 15.7 Å². The Hall–Kier alpha value is -4.28. The Morgan fingerprint density at radius 1 is 0.895 bits per heavy atom. The molecule has 9 nitrogen and oxygen atoms in total. The summed E-state index contributed by atoms with van der Waals surface area (Å²) in [6.07, 6.45) is 1.71. The summed E-state index contributed by atoms with van der Waals surface area (Å²) in [4.78, 5) is 9.66. The molecule has 0 saturated heterocycles. The molecule has 0 unspecified atom stereocenters. The van der Waals surface area contributed by atoms with Gasteiger partial charge in [0.25, 0.3) is 0 Å². The molecule has 0 aliphatic carbocycles. The number of aliphatic hydroxyl groups is 1. The van der Waals surface area contributed by atoms with E-state index >= 15 is 0 Å². The normalized spacial score (nSPS) is 11.7. The summed E-state index contributed by atoms with van der Waals surface area (Å²) in [6, 6.07) is 26.1. The third kappa shape index (κ3) is 7.15. The van der Waals surface area contributed by atoms with Crippen molar-refractivity contribution in [2.45, 2.75) is 18.2 Å². The van der Waals surface area contributed by atoms with E-state index in [-0.39, 0.29) is 11.5 Å². The molecular weight excluding hydrogens is 500 g/mol. The average Bonchev–Trinajstić information content (AvgIpc) is 2.92. The van der Waals surface area contributed by atoms with Gasteiger partial charge in [0.15, 0.2) is 15.7 Å². The SMILES string of the molecule is CC(=NNc1nc(Nc2ccccc2)nc(NCCO)c1Cc1ccccc1)c1ccc(S(C)(=O)=O)cc1. The third-order valence-electron chi connectivity index (χ3n) is 5.69. The lowest BCUT2D eigenvalue weighted by Crippen LogP contribution is -2.14. The number of hydrogen-bond acceptors (Lipinski definition) is 9. The van der Waals surface area contributed by atoms with Crippen LogP contribution in [0.25, 0.3) is 0 Å². The summed E-state index contributed by atoms with van der Waals surface area (Å²) in [6.45, 7) is 2.09. The molecule has 0 aliphatic rings. The van der Waals surface area contributed by atoms with E-state index in [0.717, 1.165) is 22.4 Å². The van der Waals surface area contributed by atoms with Crippen LogP contribution in [0.5, 0.6) is 0 Å². The molecule has 0 spiro atoms. The summed E-state index contributed by atoms with van der Waals surface area (Å²) in [5.41, 5.74) is 7.19. The van der Waals surface area contributed by atoms with Gasteiger partial charge in [0.2, 0.25) is 5.95 Å². The van der Waals surface area contributed by atoms with Crippen molar-refractivity contribution in [1.82, 2.24) is 9.97 Å². The minimum Gasteiger partial charge on any atom is -0.395 e. The van der Waals surface area contributed by atoms with Crippen LogP contribution in [0.4, 0.5) is 23.3 Å². The number of rotatable bonds is 11. The van der Waals surface area contributed by atoms with Gasteiger partial charge in [0, 0.05) is 30.5 Å². The first-order valence-electron chi connectivity index (χ1n) is 12.1. The molecule has 196 valence electrons. The van der Waals surface area contributed by atoms with Crippen molar-refractivity contribution in [2.24, 2.45) is 5.10 Å². The molecule has 0 atom stereocenters. The van der Waals surface area contributed by atoms with Crippen molar-refractivity contribution < 1.29 is 13.5 Å². The van der Waals surface area contributed by atoms with Gasteiger partial charge in [-0.1, -0.05) is 60.7 Å². The zero-order valence-corrected chi connectivity index (χ0v) is 22.0. The lowest BCUT2D eigenvalue weighted by molar-refractivity contribution is 0.311. The number of hydrazone groups is 1. The highest BCUT2D eigenvalue weighted by molar-refractivity contribution is 7.90. The molecule has 0 fully saturated rings. The van der Waals surface area contributed by atoms with Crippen LogP contribution in [0.1, 0.15) is 23.6 Å². The summed E-state index contributed by atoms with van der Waals surface area (Å²) in [5, 5.41) is 20.4. The van der Waals surface area contributed by atoms with Crippen LogP contribution in [0.15, 0.2) is 94.9 Å². The van der Waals surface area contributed by atoms with Crippen molar-refractivity contribution in [2.75, 3.05) is 35.5 Å². The number of nitrogens with zero attached hydrogens (tertiary/aromatic N) is 3. The van der Waals surface area contributed by atoms with Crippen LogP contribution >= 0.6 is 0 Å². The Morgan fingerprint density at radius 2 is 1.53 bits per heavy atom. The second-order valence-electron chi connectivity index (χ2n) is 8.63. The van der Waals surface area contributed by atoms with E-state index in [9.17, 15) is 13.5 Å². The van der Waals surface area contributed by atoms with E-state index in [1.807, 2.05) is 67.6 Å². The number of benzene rings is 3. The monoisotopic (exact) mass is 530 g/mol. The van der Waals surface area contributed by atoms with Crippen LogP contribution in [0, 0.1) is 0 Å². The predicted molar refractivity (Wildman–Crippen MR) is 152 cm³/mol. The first-order chi connectivity index (χ1) is 18.3. The maximum absolute atomic E-state index is 11.8. The highest BCUT2D eigenvalue weighted by Gasteiger charge is 2.16.